The van der Waals surface area contributed by atoms with E-state index in [1.807, 2.05) is 0 Å². The molecule has 1 saturated heterocycles. The molecule has 3 heteroatoms. The maximum Gasteiger partial charge on any atom is 0.0568 e. The van der Waals surface area contributed by atoms with Crippen molar-refractivity contribution in [1.29, 1.82) is 0 Å². The van der Waals surface area contributed by atoms with Crippen LogP contribution >= 0.6 is 0 Å². The Balaban J connectivity index is 2.66. The van der Waals surface area contributed by atoms with Gasteiger partial charge in [0, 0.05) is 18.1 Å². The highest BCUT2D eigenvalue weighted by Crippen LogP contribution is 2.28. The van der Waals surface area contributed by atoms with E-state index in [1.54, 1.807) is 0 Å². The van der Waals surface area contributed by atoms with Crippen molar-refractivity contribution in [2.24, 2.45) is 5.73 Å². The molecule has 1 fully saturated rings. The Morgan fingerprint density at radius 1 is 1.36 bits per heavy atom. The molecule has 0 aromatic rings. The van der Waals surface area contributed by atoms with E-state index >= 15 is 0 Å². The number of nitrogens with two attached hydrogens (primary N) is 1. The first-order valence-corrected chi connectivity index (χ1v) is 5.60. The van der Waals surface area contributed by atoms with Gasteiger partial charge in [0.1, 0.15) is 0 Å². The second kappa shape index (κ2) is 4.60. The van der Waals surface area contributed by atoms with Crippen molar-refractivity contribution >= 4 is 0 Å². The van der Waals surface area contributed by atoms with E-state index < -0.39 is 0 Å². The highest BCUT2D eigenvalue weighted by Gasteiger charge is 2.37. The van der Waals surface area contributed by atoms with Crippen LogP contribution in [0.2, 0.25) is 0 Å². The lowest BCUT2D eigenvalue weighted by atomic mass is 9.83. The Hall–Kier alpha value is -0.120. The predicted octanol–water partition coefficient (Wildman–Crippen LogP) is 1.27. The zero-order chi connectivity index (χ0) is 10.8. The first kappa shape index (κ1) is 12.0. The van der Waals surface area contributed by atoms with Gasteiger partial charge in [-0.05, 0) is 26.7 Å². The number of hydrogen-bond acceptors (Lipinski definition) is 3. The normalized spacial score (nSPS) is 39.0. The van der Waals surface area contributed by atoms with Crippen LogP contribution in [0.1, 0.15) is 40.5 Å². The molecule has 0 spiro atoms. The predicted molar refractivity (Wildman–Crippen MR) is 59.3 cm³/mol. The van der Waals surface area contributed by atoms with Crippen molar-refractivity contribution in [3.05, 3.63) is 0 Å². The third-order valence-electron chi connectivity index (χ3n) is 2.81. The van der Waals surface area contributed by atoms with Crippen molar-refractivity contribution in [3.8, 4) is 0 Å². The summed E-state index contributed by atoms with van der Waals surface area (Å²) in [5, 5.41) is 3.60. The molecule has 0 aromatic carbocycles. The van der Waals surface area contributed by atoms with E-state index in [0.717, 1.165) is 12.8 Å². The molecule has 0 amide bonds. The monoisotopic (exact) mass is 200 g/mol. The van der Waals surface area contributed by atoms with Gasteiger partial charge < -0.3 is 15.8 Å². The standard InChI is InChI=1S/C11H24N2O/c1-8(2)13-11(7-12)5-9(3)14-10(4)6-11/h8-10,13H,5-7,12H2,1-4H3. The molecule has 3 N–H and O–H groups in total. The lowest BCUT2D eigenvalue weighted by Gasteiger charge is -2.44. The highest BCUT2D eigenvalue weighted by atomic mass is 16.5. The Morgan fingerprint density at radius 3 is 2.21 bits per heavy atom. The number of hydrogen-bond donors (Lipinski definition) is 2. The Labute approximate surface area is 87.4 Å². The molecule has 0 aromatic heterocycles. The van der Waals surface area contributed by atoms with Gasteiger partial charge in [0.05, 0.1) is 12.2 Å². The van der Waals surface area contributed by atoms with E-state index in [-0.39, 0.29) is 5.54 Å². The zero-order valence-electron chi connectivity index (χ0n) is 9.84. The van der Waals surface area contributed by atoms with Crippen molar-refractivity contribution in [3.63, 3.8) is 0 Å². The van der Waals surface area contributed by atoms with Gasteiger partial charge in [0.15, 0.2) is 0 Å². The van der Waals surface area contributed by atoms with Crippen LogP contribution in [0.4, 0.5) is 0 Å². The lowest BCUT2D eigenvalue weighted by molar-refractivity contribution is -0.0686. The second-order valence-electron chi connectivity index (χ2n) is 4.95. The molecular weight excluding hydrogens is 176 g/mol. The molecule has 2 atom stereocenters. The average Bonchev–Trinajstić information content (AvgIpc) is 2.00. The second-order valence-corrected chi connectivity index (χ2v) is 4.95. The quantitative estimate of drug-likeness (QED) is 0.721. The minimum atomic E-state index is 0.0885. The minimum absolute atomic E-state index is 0.0885. The van der Waals surface area contributed by atoms with Gasteiger partial charge in [-0.2, -0.15) is 0 Å². The van der Waals surface area contributed by atoms with Crippen LogP contribution < -0.4 is 11.1 Å². The smallest absolute Gasteiger partial charge is 0.0568 e. The van der Waals surface area contributed by atoms with Crippen molar-refractivity contribution in [1.82, 2.24) is 5.32 Å². The Kier molecular flexibility index (Phi) is 3.93. The zero-order valence-corrected chi connectivity index (χ0v) is 9.84. The van der Waals surface area contributed by atoms with Gasteiger partial charge in [0.2, 0.25) is 0 Å². The molecule has 84 valence electrons. The summed E-state index contributed by atoms with van der Waals surface area (Å²) in [7, 11) is 0. The van der Waals surface area contributed by atoms with Crippen LogP contribution in [-0.2, 0) is 4.74 Å². The van der Waals surface area contributed by atoms with Gasteiger partial charge >= 0.3 is 0 Å². The summed E-state index contributed by atoms with van der Waals surface area (Å²) in [6, 6.07) is 0.482. The molecule has 0 saturated carbocycles. The number of nitrogens with one attached hydrogen (secondary N) is 1. The van der Waals surface area contributed by atoms with Crippen LogP contribution in [0.3, 0.4) is 0 Å². The lowest BCUT2D eigenvalue weighted by Crippen LogP contribution is -2.59. The fourth-order valence-corrected chi connectivity index (χ4v) is 2.63. The van der Waals surface area contributed by atoms with Gasteiger partial charge in [-0.25, -0.2) is 0 Å². The minimum Gasteiger partial charge on any atom is -0.375 e. The largest absolute Gasteiger partial charge is 0.375 e. The molecule has 0 aliphatic carbocycles. The highest BCUT2D eigenvalue weighted by molar-refractivity contribution is 4.96. The molecule has 2 unspecified atom stereocenters. The maximum absolute atomic E-state index is 5.89. The summed E-state index contributed by atoms with van der Waals surface area (Å²) in [6.07, 6.45) is 2.67. The van der Waals surface area contributed by atoms with Crippen LogP contribution in [0.5, 0.6) is 0 Å². The molecule has 0 radical (unpaired) electrons. The molecule has 1 rings (SSSR count). The summed E-state index contributed by atoms with van der Waals surface area (Å²) in [5.74, 6) is 0. The van der Waals surface area contributed by atoms with Crippen LogP contribution in [0.15, 0.2) is 0 Å². The fourth-order valence-electron chi connectivity index (χ4n) is 2.63. The summed E-state index contributed by atoms with van der Waals surface area (Å²) < 4.78 is 5.73. The van der Waals surface area contributed by atoms with Crippen LogP contribution in [0.25, 0.3) is 0 Å². The van der Waals surface area contributed by atoms with Gasteiger partial charge in [0.25, 0.3) is 0 Å². The summed E-state index contributed by atoms with van der Waals surface area (Å²) in [4.78, 5) is 0. The summed E-state index contributed by atoms with van der Waals surface area (Å²) in [5.41, 5.74) is 5.98. The van der Waals surface area contributed by atoms with E-state index in [0.29, 0.717) is 24.8 Å². The SMILES string of the molecule is CC(C)NC1(CN)CC(C)OC(C)C1. The third kappa shape index (κ3) is 2.94. The average molecular weight is 200 g/mol. The number of ether oxygens (including phenoxy) is 1. The summed E-state index contributed by atoms with van der Waals surface area (Å²) in [6.45, 7) is 9.29. The Morgan fingerprint density at radius 2 is 1.86 bits per heavy atom. The van der Waals surface area contributed by atoms with Crippen molar-refractivity contribution in [2.45, 2.75) is 64.3 Å². The molecule has 14 heavy (non-hydrogen) atoms. The van der Waals surface area contributed by atoms with Crippen molar-refractivity contribution in [2.75, 3.05) is 6.54 Å². The van der Waals surface area contributed by atoms with Gasteiger partial charge in [-0.1, -0.05) is 13.8 Å². The molecular formula is C11H24N2O. The van der Waals surface area contributed by atoms with E-state index in [4.69, 9.17) is 10.5 Å². The number of rotatable bonds is 3. The van der Waals surface area contributed by atoms with Crippen molar-refractivity contribution < 1.29 is 4.74 Å². The van der Waals surface area contributed by atoms with E-state index in [2.05, 4.69) is 33.0 Å². The van der Waals surface area contributed by atoms with Gasteiger partial charge in [-0.3, -0.25) is 0 Å². The van der Waals surface area contributed by atoms with E-state index in [9.17, 15) is 0 Å². The molecule has 1 aliphatic rings. The maximum atomic E-state index is 5.89. The topological polar surface area (TPSA) is 47.3 Å². The molecule has 3 nitrogen and oxygen atoms in total. The first-order valence-electron chi connectivity index (χ1n) is 5.60. The molecule has 1 aliphatic heterocycles. The molecule has 0 bridgehead atoms. The van der Waals surface area contributed by atoms with Gasteiger partial charge in [-0.15, -0.1) is 0 Å². The van der Waals surface area contributed by atoms with Crippen LogP contribution in [-0.4, -0.2) is 30.3 Å². The first-order chi connectivity index (χ1) is 6.47. The summed E-state index contributed by atoms with van der Waals surface area (Å²) >= 11 is 0. The van der Waals surface area contributed by atoms with Crippen LogP contribution in [0, 0.1) is 0 Å². The fraction of sp³-hybridized carbons (Fsp3) is 1.00. The van der Waals surface area contributed by atoms with E-state index in [1.165, 1.54) is 0 Å². The third-order valence-corrected chi connectivity index (χ3v) is 2.81. The Bertz CT molecular complexity index is 167. The molecule has 1 heterocycles.